The van der Waals surface area contributed by atoms with Gasteiger partial charge in [0, 0.05) is 5.69 Å². The Hall–Kier alpha value is -2.29. The van der Waals surface area contributed by atoms with E-state index in [9.17, 15) is 4.79 Å². The maximum absolute atomic E-state index is 12.4. The van der Waals surface area contributed by atoms with Crippen LogP contribution in [0.3, 0.4) is 0 Å². The second-order valence-corrected chi connectivity index (χ2v) is 6.76. The number of fused-ring (bicyclic) bond motifs is 1. The fourth-order valence-electron chi connectivity index (χ4n) is 3.33. The number of carbonyl (C=O) groups is 1. The summed E-state index contributed by atoms with van der Waals surface area (Å²) >= 11 is 0. The second-order valence-electron chi connectivity index (χ2n) is 6.76. The van der Waals surface area contributed by atoms with E-state index in [-0.39, 0.29) is 5.91 Å². The zero-order chi connectivity index (χ0) is 17.1. The summed E-state index contributed by atoms with van der Waals surface area (Å²) in [6, 6.07) is 12.2. The lowest BCUT2D eigenvalue weighted by Gasteiger charge is -2.19. The number of rotatable bonds is 4. The fourth-order valence-corrected chi connectivity index (χ4v) is 3.33. The Labute approximate surface area is 144 Å². The SMILES string of the molecule is Cc1cc(C)cc(NC(=O)[C@H](C)Oc2ccc3c(c2)CCCC3)c1. The normalized spacial score (nSPS) is 14.6. The molecule has 3 rings (SSSR count). The number of anilines is 1. The van der Waals surface area contributed by atoms with Crippen LogP contribution in [0.4, 0.5) is 5.69 Å². The van der Waals surface area contributed by atoms with Crippen LogP contribution in [0, 0.1) is 13.8 Å². The molecule has 2 aromatic carbocycles. The van der Waals surface area contributed by atoms with Gasteiger partial charge in [-0.1, -0.05) is 12.1 Å². The van der Waals surface area contributed by atoms with Crippen LogP contribution >= 0.6 is 0 Å². The van der Waals surface area contributed by atoms with E-state index in [0.717, 1.165) is 35.4 Å². The van der Waals surface area contributed by atoms with Gasteiger partial charge in [0.2, 0.25) is 0 Å². The average molecular weight is 323 g/mol. The highest BCUT2D eigenvalue weighted by atomic mass is 16.5. The van der Waals surface area contributed by atoms with E-state index >= 15 is 0 Å². The number of hydrogen-bond donors (Lipinski definition) is 1. The number of benzene rings is 2. The fraction of sp³-hybridized carbons (Fsp3) is 0.381. The van der Waals surface area contributed by atoms with Crippen LogP contribution in [0.5, 0.6) is 5.75 Å². The molecular formula is C21H25NO2. The Kier molecular flexibility index (Phi) is 4.89. The smallest absolute Gasteiger partial charge is 0.265 e. The van der Waals surface area contributed by atoms with Crippen LogP contribution in [0.25, 0.3) is 0 Å². The number of hydrogen-bond acceptors (Lipinski definition) is 2. The molecule has 0 unspecified atom stereocenters. The molecule has 1 atom stereocenters. The van der Waals surface area contributed by atoms with E-state index in [1.807, 2.05) is 32.0 Å². The highest BCUT2D eigenvalue weighted by Crippen LogP contribution is 2.26. The van der Waals surface area contributed by atoms with E-state index in [4.69, 9.17) is 4.74 Å². The van der Waals surface area contributed by atoms with Gasteiger partial charge in [-0.3, -0.25) is 4.79 Å². The van der Waals surface area contributed by atoms with Crippen LogP contribution in [-0.4, -0.2) is 12.0 Å². The van der Waals surface area contributed by atoms with E-state index < -0.39 is 6.10 Å². The van der Waals surface area contributed by atoms with E-state index in [2.05, 4.69) is 23.5 Å². The Morgan fingerprint density at radius 3 is 2.38 bits per heavy atom. The van der Waals surface area contributed by atoms with Gasteiger partial charge in [0.25, 0.3) is 5.91 Å². The van der Waals surface area contributed by atoms with Crippen molar-refractivity contribution in [3.05, 3.63) is 58.7 Å². The first kappa shape index (κ1) is 16.6. The molecule has 126 valence electrons. The van der Waals surface area contributed by atoms with E-state index in [0.29, 0.717) is 0 Å². The minimum absolute atomic E-state index is 0.127. The first-order valence-corrected chi connectivity index (χ1v) is 8.69. The lowest BCUT2D eigenvalue weighted by Crippen LogP contribution is -2.30. The van der Waals surface area contributed by atoms with Crippen molar-refractivity contribution < 1.29 is 9.53 Å². The molecule has 1 N–H and O–H groups in total. The zero-order valence-electron chi connectivity index (χ0n) is 14.7. The van der Waals surface area contributed by atoms with Gasteiger partial charge in [-0.15, -0.1) is 0 Å². The van der Waals surface area contributed by atoms with Crippen molar-refractivity contribution in [3.8, 4) is 5.75 Å². The van der Waals surface area contributed by atoms with Crippen LogP contribution in [0.2, 0.25) is 0 Å². The number of amides is 1. The maximum atomic E-state index is 12.4. The van der Waals surface area contributed by atoms with Crippen molar-refractivity contribution in [1.82, 2.24) is 0 Å². The van der Waals surface area contributed by atoms with Crippen molar-refractivity contribution in [1.29, 1.82) is 0 Å². The Balaban J connectivity index is 1.65. The summed E-state index contributed by atoms with van der Waals surface area (Å²) in [6.45, 7) is 5.84. The summed E-state index contributed by atoms with van der Waals surface area (Å²) in [5, 5.41) is 2.94. The molecule has 24 heavy (non-hydrogen) atoms. The lowest BCUT2D eigenvalue weighted by atomic mass is 9.92. The molecule has 0 spiro atoms. The predicted octanol–water partition coefficient (Wildman–Crippen LogP) is 4.59. The summed E-state index contributed by atoms with van der Waals surface area (Å²) < 4.78 is 5.86. The molecule has 0 aromatic heterocycles. The van der Waals surface area contributed by atoms with Crippen LogP contribution in [0.15, 0.2) is 36.4 Å². The molecule has 2 aromatic rings. The summed E-state index contributed by atoms with van der Waals surface area (Å²) in [4.78, 5) is 12.4. The van der Waals surface area contributed by atoms with Gasteiger partial charge in [-0.2, -0.15) is 0 Å². The van der Waals surface area contributed by atoms with Crippen LogP contribution in [0.1, 0.15) is 42.0 Å². The molecule has 0 saturated carbocycles. The van der Waals surface area contributed by atoms with Gasteiger partial charge in [0.05, 0.1) is 0 Å². The molecular weight excluding hydrogens is 298 g/mol. The van der Waals surface area contributed by atoms with E-state index in [1.165, 1.54) is 24.0 Å². The van der Waals surface area contributed by atoms with Gasteiger partial charge in [0.1, 0.15) is 5.75 Å². The molecule has 0 fully saturated rings. The van der Waals surface area contributed by atoms with Crippen LogP contribution < -0.4 is 10.1 Å². The first-order chi connectivity index (χ1) is 11.5. The van der Waals surface area contributed by atoms with Crippen LogP contribution in [-0.2, 0) is 17.6 Å². The predicted molar refractivity (Wildman–Crippen MR) is 97.7 cm³/mol. The third-order valence-electron chi connectivity index (χ3n) is 4.49. The van der Waals surface area contributed by atoms with Crippen molar-refractivity contribution in [2.45, 2.75) is 52.6 Å². The minimum atomic E-state index is -0.535. The third-order valence-corrected chi connectivity index (χ3v) is 4.49. The quantitative estimate of drug-likeness (QED) is 0.894. The maximum Gasteiger partial charge on any atom is 0.265 e. The van der Waals surface area contributed by atoms with Crippen molar-refractivity contribution in [2.24, 2.45) is 0 Å². The standard InChI is InChI=1S/C21H25NO2/c1-14-10-15(2)12-19(11-14)22-21(23)16(3)24-20-9-8-17-6-4-5-7-18(17)13-20/h8-13,16H,4-7H2,1-3H3,(H,22,23)/t16-/m0/s1. The Morgan fingerprint density at radius 1 is 1.00 bits per heavy atom. The largest absolute Gasteiger partial charge is 0.481 e. The number of ether oxygens (including phenoxy) is 1. The Bertz CT molecular complexity index is 731. The molecule has 3 nitrogen and oxygen atoms in total. The lowest BCUT2D eigenvalue weighted by molar-refractivity contribution is -0.122. The van der Waals surface area contributed by atoms with E-state index in [1.54, 1.807) is 6.92 Å². The second kappa shape index (κ2) is 7.08. The zero-order valence-corrected chi connectivity index (χ0v) is 14.7. The molecule has 1 aliphatic rings. The molecule has 1 aliphatic carbocycles. The summed E-state index contributed by atoms with van der Waals surface area (Å²) in [6.07, 6.45) is 4.22. The number of aryl methyl sites for hydroxylation is 4. The minimum Gasteiger partial charge on any atom is -0.481 e. The van der Waals surface area contributed by atoms with Crippen molar-refractivity contribution >= 4 is 11.6 Å². The number of carbonyl (C=O) groups excluding carboxylic acids is 1. The van der Waals surface area contributed by atoms with Gasteiger partial charge in [-0.25, -0.2) is 0 Å². The molecule has 0 aliphatic heterocycles. The highest BCUT2D eigenvalue weighted by molar-refractivity contribution is 5.94. The van der Waals surface area contributed by atoms with Gasteiger partial charge >= 0.3 is 0 Å². The topological polar surface area (TPSA) is 38.3 Å². The molecule has 3 heteroatoms. The highest BCUT2D eigenvalue weighted by Gasteiger charge is 2.17. The summed E-state index contributed by atoms with van der Waals surface area (Å²) in [5.74, 6) is 0.649. The average Bonchev–Trinajstić information content (AvgIpc) is 2.53. The Morgan fingerprint density at radius 2 is 1.67 bits per heavy atom. The van der Waals surface area contributed by atoms with Gasteiger partial charge in [0.15, 0.2) is 6.10 Å². The monoisotopic (exact) mass is 323 g/mol. The first-order valence-electron chi connectivity index (χ1n) is 8.69. The molecule has 1 amide bonds. The summed E-state index contributed by atoms with van der Waals surface area (Å²) in [5.41, 5.74) is 5.86. The molecule has 0 heterocycles. The molecule has 0 saturated heterocycles. The molecule has 0 radical (unpaired) electrons. The van der Waals surface area contributed by atoms with Gasteiger partial charge in [-0.05, 0) is 93.0 Å². The van der Waals surface area contributed by atoms with Crippen molar-refractivity contribution in [3.63, 3.8) is 0 Å². The summed E-state index contributed by atoms with van der Waals surface area (Å²) in [7, 11) is 0. The number of nitrogens with one attached hydrogen (secondary N) is 1. The third kappa shape index (κ3) is 3.97. The van der Waals surface area contributed by atoms with Gasteiger partial charge < -0.3 is 10.1 Å². The molecule has 0 bridgehead atoms. The van der Waals surface area contributed by atoms with Crippen molar-refractivity contribution in [2.75, 3.05) is 5.32 Å².